The normalized spacial score (nSPS) is 23.1. The largest absolute Gasteiger partial charge is 0.463 e. The van der Waals surface area contributed by atoms with Crippen LogP contribution in [-0.2, 0) is 57.1 Å². The zero-order valence-electron chi connectivity index (χ0n) is 23.0. The average molecular weight is 580 g/mol. The van der Waals surface area contributed by atoms with Gasteiger partial charge >= 0.3 is 29.8 Å². The Hall–Kier alpha value is -4.30. The molecule has 0 aromatic heterocycles. The minimum absolute atomic E-state index is 0.254. The Morgan fingerprint density at radius 1 is 0.902 bits per heavy atom. The van der Waals surface area contributed by atoms with Gasteiger partial charge in [-0.3, -0.25) is 24.0 Å². The van der Waals surface area contributed by atoms with E-state index in [1.807, 2.05) is 0 Å². The lowest BCUT2D eigenvalue weighted by Crippen LogP contribution is -2.63. The number of nitrogens with one attached hydrogen (secondary N) is 1. The van der Waals surface area contributed by atoms with E-state index in [0.717, 1.165) is 27.7 Å². The summed E-state index contributed by atoms with van der Waals surface area (Å²) in [6.45, 7) is 7.22. The summed E-state index contributed by atoms with van der Waals surface area (Å²) in [4.78, 5) is 71.3. The lowest BCUT2D eigenvalue weighted by Gasteiger charge is -2.44. The summed E-state index contributed by atoms with van der Waals surface area (Å²) in [6.07, 6.45) is -6.46. The quantitative estimate of drug-likeness (QED) is 0.140. The fourth-order valence-corrected chi connectivity index (χ4v) is 3.91. The van der Waals surface area contributed by atoms with Gasteiger partial charge in [0.15, 0.2) is 24.6 Å². The highest BCUT2D eigenvalue weighted by Gasteiger charge is 2.53. The third-order valence-corrected chi connectivity index (χ3v) is 5.55. The van der Waals surface area contributed by atoms with Crippen molar-refractivity contribution >= 4 is 36.3 Å². The standard InChI is InChI=1S/C27H33NO13/c1-6-21(40-26(34)19-10-8-7-9-11-19)20(28-14-29)12-36-27-25(39-18(5)33)24(38-17(4)32)23(37-16(3)31)22(41-27)13-35-15(2)30/h6-11,14,20-25,27H,1,12-13H2,2-5H3,(H,28,29)/t20-,21+,22+,23+,24-,25+,27+/m0/s1. The number of esters is 5. The molecule has 1 aromatic rings. The topological polar surface area (TPSA) is 179 Å². The predicted molar refractivity (Wildman–Crippen MR) is 137 cm³/mol. The van der Waals surface area contributed by atoms with E-state index in [1.54, 1.807) is 30.3 Å². The van der Waals surface area contributed by atoms with Crippen molar-refractivity contribution in [2.45, 2.75) is 70.5 Å². The first-order chi connectivity index (χ1) is 19.5. The van der Waals surface area contributed by atoms with E-state index in [4.69, 9.17) is 33.2 Å². The van der Waals surface area contributed by atoms with Crippen LogP contribution in [0.2, 0.25) is 0 Å². The first-order valence-corrected chi connectivity index (χ1v) is 12.5. The van der Waals surface area contributed by atoms with Gasteiger partial charge in [-0.25, -0.2) is 4.79 Å². The number of ether oxygens (including phenoxy) is 7. The highest BCUT2D eigenvalue weighted by atomic mass is 16.7. The molecule has 41 heavy (non-hydrogen) atoms. The van der Waals surface area contributed by atoms with Crippen molar-refractivity contribution in [3.05, 3.63) is 48.6 Å². The highest BCUT2D eigenvalue weighted by Crippen LogP contribution is 2.30. The molecule has 0 unspecified atom stereocenters. The second-order valence-corrected chi connectivity index (χ2v) is 8.76. The van der Waals surface area contributed by atoms with E-state index in [2.05, 4.69) is 11.9 Å². The molecule has 224 valence electrons. The molecule has 0 spiro atoms. The molecule has 1 amide bonds. The van der Waals surface area contributed by atoms with Crippen molar-refractivity contribution in [1.29, 1.82) is 0 Å². The van der Waals surface area contributed by atoms with Gasteiger partial charge in [0.25, 0.3) is 0 Å². The smallest absolute Gasteiger partial charge is 0.338 e. The van der Waals surface area contributed by atoms with Gasteiger partial charge in [0, 0.05) is 27.7 Å². The SMILES string of the molecule is C=C[C@@H](OC(=O)c1ccccc1)[C@H](CO[C@@H]1O[C@H](COC(C)=O)[C@@H](OC(C)=O)[C@H](OC(C)=O)[C@H]1OC(C)=O)NC=O. The molecule has 0 radical (unpaired) electrons. The average Bonchev–Trinajstić information content (AvgIpc) is 2.91. The van der Waals surface area contributed by atoms with Gasteiger partial charge < -0.3 is 38.5 Å². The van der Waals surface area contributed by atoms with Crippen molar-refractivity contribution < 1.29 is 61.9 Å². The molecular weight excluding hydrogens is 546 g/mol. The van der Waals surface area contributed by atoms with Crippen LogP contribution in [0.5, 0.6) is 0 Å². The summed E-state index contributed by atoms with van der Waals surface area (Å²) in [5, 5.41) is 2.47. The second kappa shape index (κ2) is 16.1. The number of hydrogen-bond acceptors (Lipinski definition) is 13. The Balaban J connectivity index is 2.35. The lowest BCUT2D eigenvalue weighted by molar-refractivity contribution is -0.309. The van der Waals surface area contributed by atoms with Gasteiger partial charge in [0.1, 0.15) is 18.8 Å². The van der Waals surface area contributed by atoms with Crippen LogP contribution in [0.1, 0.15) is 38.1 Å². The molecule has 1 saturated heterocycles. The van der Waals surface area contributed by atoms with Gasteiger partial charge in [0.2, 0.25) is 6.41 Å². The summed E-state index contributed by atoms with van der Waals surface area (Å²) >= 11 is 0. The van der Waals surface area contributed by atoms with Crippen molar-refractivity contribution in [2.24, 2.45) is 0 Å². The van der Waals surface area contributed by atoms with Crippen molar-refractivity contribution in [3.8, 4) is 0 Å². The monoisotopic (exact) mass is 579 g/mol. The van der Waals surface area contributed by atoms with Gasteiger partial charge in [-0.05, 0) is 18.2 Å². The van der Waals surface area contributed by atoms with Gasteiger partial charge in [-0.15, -0.1) is 0 Å². The minimum Gasteiger partial charge on any atom is -0.463 e. The summed E-state index contributed by atoms with van der Waals surface area (Å²) < 4.78 is 38.2. The van der Waals surface area contributed by atoms with Crippen LogP contribution in [-0.4, -0.2) is 92.3 Å². The van der Waals surface area contributed by atoms with E-state index < -0.39 is 85.9 Å². The Morgan fingerprint density at radius 2 is 1.49 bits per heavy atom. The van der Waals surface area contributed by atoms with E-state index >= 15 is 0 Å². The van der Waals surface area contributed by atoms with Crippen LogP contribution >= 0.6 is 0 Å². The number of carbonyl (C=O) groups excluding carboxylic acids is 6. The Morgan fingerprint density at radius 3 is 2.02 bits per heavy atom. The van der Waals surface area contributed by atoms with Gasteiger partial charge in [-0.1, -0.05) is 24.8 Å². The van der Waals surface area contributed by atoms with Crippen molar-refractivity contribution in [2.75, 3.05) is 13.2 Å². The molecule has 0 saturated carbocycles. The first kappa shape index (κ1) is 32.9. The highest BCUT2D eigenvalue weighted by molar-refractivity contribution is 5.89. The van der Waals surface area contributed by atoms with Crippen LogP contribution < -0.4 is 5.32 Å². The minimum atomic E-state index is -1.50. The Kier molecular flexibility index (Phi) is 12.9. The molecule has 14 nitrogen and oxygen atoms in total. The maximum atomic E-state index is 12.6. The second-order valence-electron chi connectivity index (χ2n) is 8.76. The summed E-state index contributed by atoms with van der Waals surface area (Å²) in [6, 6.07) is 7.09. The number of rotatable bonds is 14. The number of carbonyl (C=O) groups is 6. The molecule has 14 heteroatoms. The fraction of sp³-hybridized carbons (Fsp3) is 0.481. The molecular formula is C27H33NO13. The fourth-order valence-electron chi connectivity index (χ4n) is 3.91. The summed E-state index contributed by atoms with van der Waals surface area (Å²) in [7, 11) is 0. The van der Waals surface area contributed by atoms with Crippen LogP contribution in [0.4, 0.5) is 0 Å². The number of hydrogen-bond donors (Lipinski definition) is 1. The molecule has 1 N–H and O–H groups in total. The Bertz CT molecular complexity index is 1090. The maximum Gasteiger partial charge on any atom is 0.338 e. The lowest BCUT2D eigenvalue weighted by atomic mass is 9.98. The molecule has 1 aliphatic heterocycles. The number of amides is 1. The molecule has 0 bridgehead atoms. The van der Waals surface area contributed by atoms with Crippen molar-refractivity contribution in [3.63, 3.8) is 0 Å². The molecule has 0 aliphatic carbocycles. The Labute approximate surface area is 236 Å². The predicted octanol–water partition coefficient (Wildman–Crippen LogP) is 0.612. The summed E-state index contributed by atoms with van der Waals surface area (Å²) in [5.74, 6) is -3.78. The maximum absolute atomic E-state index is 12.6. The van der Waals surface area contributed by atoms with Crippen molar-refractivity contribution in [1.82, 2.24) is 5.32 Å². The van der Waals surface area contributed by atoms with Crippen LogP contribution in [0, 0.1) is 0 Å². The zero-order valence-corrected chi connectivity index (χ0v) is 23.0. The third kappa shape index (κ3) is 10.3. The number of benzene rings is 1. The van der Waals surface area contributed by atoms with E-state index in [1.165, 1.54) is 6.08 Å². The van der Waals surface area contributed by atoms with E-state index in [0.29, 0.717) is 6.41 Å². The van der Waals surface area contributed by atoms with Crippen LogP contribution in [0.3, 0.4) is 0 Å². The first-order valence-electron chi connectivity index (χ1n) is 12.5. The summed E-state index contributed by atoms with van der Waals surface area (Å²) in [5.41, 5.74) is 0.254. The van der Waals surface area contributed by atoms with Gasteiger partial charge in [0.05, 0.1) is 18.2 Å². The molecule has 1 heterocycles. The molecule has 1 fully saturated rings. The zero-order chi connectivity index (χ0) is 30.5. The van der Waals surface area contributed by atoms with Crippen LogP contribution in [0.15, 0.2) is 43.0 Å². The molecule has 1 aliphatic rings. The van der Waals surface area contributed by atoms with Crippen LogP contribution in [0.25, 0.3) is 0 Å². The molecule has 2 rings (SSSR count). The molecule has 1 aromatic carbocycles. The third-order valence-electron chi connectivity index (χ3n) is 5.55. The van der Waals surface area contributed by atoms with E-state index in [-0.39, 0.29) is 5.56 Å². The molecule has 7 atom stereocenters. The van der Waals surface area contributed by atoms with Gasteiger partial charge in [-0.2, -0.15) is 0 Å². The van der Waals surface area contributed by atoms with E-state index in [9.17, 15) is 28.8 Å².